The van der Waals surface area contributed by atoms with Gasteiger partial charge in [-0.2, -0.15) is 0 Å². The van der Waals surface area contributed by atoms with Crippen LogP contribution >= 0.6 is 12.2 Å². The lowest BCUT2D eigenvalue weighted by Crippen LogP contribution is -2.25. The number of carbonyl (C=O) groups excluding carboxylic acids is 1. The molecule has 1 aromatic heterocycles. The van der Waals surface area contributed by atoms with Crippen molar-refractivity contribution in [1.82, 2.24) is 19.8 Å². The smallest absolute Gasteiger partial charge is 0.270 e. The van der Waals surface area contributed by atoms with Crippen LogP contribution < -0.4 is 5.32 Å². The topological polar surface area (TPSA) is 53.1 Å². The van der Waals surface area contributed by atoms with Gasteiger partial charge in [0.2, 0.25) is 0 Å². The number of amides is 1. The first-order valence-corrected chi connectivity index (χ1v) is 10.1. The van der Waals surface area contributed by atoms with Crippen molar-refractivity contribution in [1.29, 1.82) is 0 Å². The Balaban J connectivity index is 1.67. The van der Waals surface area contributed by atoms with Gasteiger partial charge >= 0.3 is 0 Å². The summed E-state index contributed by atoms with van der Waals surface area (Å²) in [5.41, 5.74) is 3.27. The number of rotatable bonds is 8. The van der Waals surface area contributed by atoms with Gasteiger partial charge in [-0.05, 0) is 60.7 Å². The number of nitrogens with zero attached hydrogens (tertiary/aromatic N) is 2. The summed E-state index contributed by atoms with van der Waals surface area (Å²) < 4.78 is 15.2. The van der Waals surface area contributed by atoms with Crippen LogP contribution in [-0.2, 0) is 13.1 Å². The lowest BCUT2D eigenvalue weighted by Gasteiger charge is -2.18. The van der Waals surface area contributed by atoms with Crippen LogP contribution in [0.1, 0.15) is 35.5 Å². The van der Waals surface area contributed by atoms with E-state index in [9.17, 15) is 9.18 Å². The van der Waals surface area contributed by atoms with Crippen molar-refractivity contribution in [3.05, 3.63) is 82.1 Å². The molecule has 29 heavy (non-hydrogen) atoms. The minimum atomic E-state index is -0.341. The molecule has 0 radical (unpaired) electrons. The molecule has 152 valence electrons. The van der Waals surface area contributed by atoms with Crippen LogP contribution in [0.5, 0.6) is 0 Å². The highest BCUT2D eigenvalue weighted by Gasteiger charge is 2.14. The van der Waals surface area contributed by atoms with Crippen molar-refractivity contribution in [2.75, 3.05) is 13.1 Å². The number of hydrogen-bond acceptors (Lipinski definition) is 3. The summed E-state index contributed by atoms with van der Waals surface area (Å²) in [5.74, 6) is -0.597. The summed E-state index contributed by atoms with van der Waals surface area (Å²) in [7, 11) is 0. The van der Waals surface area contributed by atoms with E-state index in [1.54, 1.807) is 22.9 Å². The molecule has 0 spiro atoms. The Morgan fingerprint density at radius 2 is 1.69 bits per heavy atom. The number of hydrogen-bond donors (Lipinski definition) is 2. The molecular weight excluding hydrogens is 387 g/mol. The number of halogens is 1. The van der Waals surface area contributed by atoms with Crippen molar-refractivity contribution in [2.24, 2.45) is 0 Å². The van der Waals surface area contributed by atoms with Crippen LogP contribution in [0, 0.1) is 10.6 Å². The predicted octanol–water partition coefficient (Wildman–Crippen LogP) is 4.45. The van der Waals surface area contributed by atoms with Gasteiger partial charge in [0.1, 0.15) is 11.5 Å². The number of aromatic amines is 1. The van der Waals surface area contributed by atoms with E-state index in [1.165, 1.54) is 17.7 Å². The van der Waals surface area contributed by atoms with E-state index >= 15 is 0 Å². The molecule has 0 fully saturated rings. The molecule has 0 saturated carbocycles. The first-order chi connectivity index (χ1) is 14.0. The highest BCUT2D eigenvalue weighted by molar-refractivity contribution is 7.71. The summed E-state index contributed by atoms with van der Waals surface area (Å²) in [6, 6.07) is 14.1. The first-order valence-electron chi connectivity index (χ1n) is 9.66. The number of benzene rings is 2. The zero-order valence-corrected chi connectivity index (χ0v) is 17.4. The maximum Gasteiger partial charge on any atom is 0.270 e. The number of carbonyl (C=O) groups is 1. The van der Waals surface area contributed by atoms with Crippen LogP contribution in [0.2, 0.25) is 0 Å². The second kappa shape index (κ2) is 9.62. The molecule has 7 heteroatoms. The van der Waals surface area contributed by atoms with Crippen molar-refractivity contribution in [3.8, 4) is 5.69 Å². The van der Waals surface area contributed by atoms with Crippen molar-refractivity contribution in [2.45, 2.75) is 26.9 Å². The standard InChI is InChI=1S/C22H25FN4OS/c1-3-26(4-2)15-17-7-5-16(6-8-17)13-24-21(28)20-14-25-22(29)27(20)19-11-9-18(23)10-12-19/h5-12,14H,3-4,13,15H2,1-2H3,(H,24,28)(H,25,29). The minimum absolute atomic E-state index is 0.256. The predicted molar refractivity (Wildman–Crippen MR) is 115 cm³/mol. The van der Waals surface area contributed by atoms with E-state index in [-0.39, 0.29) is 11.7 Å². The lowest BCUT2D eigenvalue weighted by atomic mass is 10.1. The summed E-state index contributed by atoms with van der Waals surface area (Å²) in [4.78, 5) is 17.9. The van der Waals surface area contributed by atoms with Gasteiger partial charge in [-0.25, -0.2) is 4.39 Å². The van der Waals surface area contributed by atoms with E-state index in [4.69, 9.17) is 12.2 Å². The first kappa shape index (κ1) is 21.0. The largest absolute Gasteiger partial charge is 0.347 e. The van der Waals surface area contributed by atoms with E-state index in [1.807, 2.05) is 12.1 Å². The van der Waals surface area contributed by atoms with Gasteiger partial charge in [0, 0.05) is 25.0 Å². The van der Waals surface area contributed by atoms with Gasteiger partial charge in [-0.1, -0.05) is 38.1 Å². The molecule has 0 bridgehead atoms. The quantitative estimate of drug-likeness (QED) is 0.538. The fourth-order valence-corrected chi connectivity index (χ4v) is 3.39. The van der Waals surface area contributed by atoms with E-state index < -0.39 is 0 Å². The monoisotopic (exact) mass is 412 g/mol. The maximum absolute atomic E-state index is 13.2. The maximum atomic E-state index is 13.2. The fourth-order valence-electron chi connectivity index (χ4n) is 3.12. The minimum Gasteiger partial charge on any atom is -0.347 e. The Hall–Kier alpha value is -2.77. The molecule has 1 amide bonds. The second-order valence-corrected chi connectivity index (χ2v) is 7.14. The molecule has 1 heterocycles. The fraction of sp³-hybridized carbons (Fsp3) is 0.273. The van der Waals surface area contributed by atoms with E-state index in [2.05, 4.69) is 41.2 Å². The third-order valence-corrected chi connectivity index (χ3v) is 5.17. The zero-order chi connectivity index (χ0) is 20.8. The third kappa shape index (κ3) is 5.19. The molecule has 0 aliphatic heterocycles. The summed E-state index contributed by atoms with van der Waals surface area (Å²) in [6.07, 6.45) is 1.56. The Morgan fingerprint density at radius 3 is 2.31 bits per heavy atom. The highest BCUT2D eigenvalue weighted by Crippen LogP contribution is 2.14. The number of nitrogens with one attached hydrogen (secondary N) is 2. The molecule has 0 unspecified atom stereocenters. The number of H-pyrrole nitrogens is 1. The Bertz CT molecular complexity index is 1000. The molecule has 3 rings (SSSR count). The van der Waals surface area contributed by atoms with Gasteiger partial charge in [-0.15, -0.1) is 0 Å². The molecule has 0 aliphatic rings. The zero-order valence-electron chi connectivity index (χ0n) is 16.6. The summed E-state index contributed by atoms with van der Waals surface area (Å²) in [6.45, 7) is 7.67. The van der Waals surface area contributed by atoms with Crippen LogP contribution in [0.15, 0.2) is 54.7 Å². The normalized spacial score (nSPS) is 11.0. The molecule has 5 nitrogen and oxygen atoms in total. The van der Waals surface area contributed by atoms with Crippen LogP contribution in [0.3, 0.4) is 0 Å². The van der Waals surface area contributed by atoms with Gasteiger partial charge in [0.25, 0.3) is 5.91 Å². The van der Waals surface area contributed by atoms with Crippen LogP contribution in [-0.4, -0.2) is 33.4 Å². The average Bonchev–Trinajstić information content (AvgIpc) is 3.13. The average molecular weight is 413 g/mol. The molecular formula is C22H25FN4OS. The Kier molecular flexibility index (Phi) is 6.95. The Labute approximate surface area is 175 Å². The molecule has 0 saturated heterocycles. The summed E-state index contributed by atoms with van der Waals surface area (Å²) >= 11 is 5.28. The molecule has 2 aromatic carbocycles. The Morgan fingerprint density at radius 1 is 1.07 bits per heavy atom. The second-order valence-electron chi connectivity index (χ2n) is 6.75. The van der Waals surface area contributed by atoms with Gasteiger partial charge < -0.3 is 10.3 Å². The lowest BCUT2D eigenvalue weighted by molar-refractivity contribution is 0.0944. The molecule has 0 aliphatic carbocycles. The molecule has 0 atom stereocenters. The van der Waals surface area contributed by atoms with Crippen molar-refractivity contribution in [3.63, 3.8) is 0 Å². The van der Waals surface area contributed by atoms with Gasteiger partial charge in [0.15, 0.2) is 4.77 Å². The van der Waals surface area contributed by atoms with E-state index in [0.717, 1.165) is 25.2 Å². The van der Waals surface area contributed by atoms with Crippen LogP contribution in [0.25, 0.3) is 5.69 Å². The third-order valence-electron chi connectivity index (χ3n) is 4.87. The molecule has 3 aromatic rings. The van der Waals surface area contributed by atoms with Crippen molar-refractivity contribution >= 4 is 18.1 Å². The number of imidazole rings is 1. The van der Waals surface area contributed by atoms with Crippen LogP contribution in [0.4, 0.5) is 4.39 Å². The SMILES string of the molecule is CCN(CC)Cc1ccc(CNC(=O)c2c[nH]c(=S)n2-c2ccc(F)cc2)cc1. The van der Waals surface area contributed by atoms with Gasteiger partial charge in [-0.3, -0.25) is 14.3 Å². The van der Waals surface area contributed by atoms with Gasteiger partial charge in [0.05, 0.1) is 0 Å². The molecule has 2 N–H and O–H groups in total. The number of aromatic nitrogens is 2. The van der Waals surface area contributed by atoms with E-state index in [0.29, 0.717) is 22.7 Å². The highest BCUT2D eigenvalue weighted by atomic mass is 32.1. The summed E-state index contributed by atoms with van der Waals surface area (Å²) in [5, 5.41) is 2.92. The van der Waals surface area contributed by atoms with Crippen molar-refractivity contribution < 1.29 is 9.18 Å².